The molecule has 0 aliphatic heterocycles. The second-order valence-corrected chi connectivity index (χ2v) is 6.47. The number of rotatable bonds is 7. The van der Waals surface area contributed by atoms with Crippen LogP contribution in [-0.4, -0.2) is 17.6 Å². The third-order valence-corrected chi connectivity index (χ3v) is 4.20. The van der Waals surface area contributed by atoms with Crippen molar-refractivity contribution in [3.63, 3.8) is 0 Å². The maximum atomic E-state index is 12.6. The number of ether oxygens (including phenoxy) is 1. The zero-order valence-electron chi connectivity index (χ0n) is 15.8. The van der Waals surface area contributed by atoms with Gasteiger partial charge < -0.3 is 15.2 Å². The van der Waals surface area contributed by atoms with Crippen LogP contribution < -0.4 is 10.1 Å². The van der Waals surface area contributed by atoms with Gasteiger partial charge in [0.1, 0.15) is 11.6 Å². The minimum absolute atomic E-state index is 0.0245. The number of phenols is 1. The van der Waals surface area contributed by atoms with Gasteiger partial charge in [0.2, 0.25) is 0 Å². The maximum absolute atomic E-state index is 12.6. The number of aryl methyl sites for hydroxylation is 1. The molecule has 2 N–H and O–H groups in total. The highest BCUT2D eigenvalue weighted by atomic mass is 35.5. The standard InChI is InChI=1S/C22H21ClN2O3/c1-4-6-16-9-15(11-20(21(16)26)28-5-2)10-17(13-24)22(27)25-19-12-18(23)8-7-14(19)3/h4,7-12,26H,1,5-6H2,2-3H3,(H,25,27)/b17-10+. The van der Waals surface area contributed by atoms with Crippen LogP contribution in [0.1, 0.15) is 23.6 Å². The Bertz CT molecular complexity index is 974. The van der Waals surface area contributed by atoms with Gasteiger partial charge in [-0.1, -0.05) is 23.7 Å². The van der Waals surface area contributed by atoms with Gasteiger partial charge in [-0.25, -0.2) is 0 Å². The van der Waals surface area contributed by atoms with Crippen molar-refractivity contribution in [3.8, 4) is 17.6 Å². The Morgan fingerprint density at radius 1 is 1.39 bits per heavy atom. The number of nitrogens with one attached hydrogen (secondary N) is 1. The number of carbonyl (C=O) groups excluding carboxylic acids is 1. The zero-order valence-corrected chi connectivity index (χ0v) is 16.5. The molecular weight excluding hydrogens is 376 g/mol. The molecule has 0 heterocycles. The van der Waals surface area contributed by atoms with E-state index in [1.165, 1.54) is 6.08 Å². The third kappa shape index (κ3) is 5.15. The third-order valence-electron chi connectivity index (χ3n) is 3.96. The number of allylic oxidation sites excluding steroid dienone is 1. The molecular formula is C22H21ClN2O3. The molecule has 0 aromatic heterocycles. The van der Waals surface area contributed by atoms with Crippen LogP contribution in [0.15, 0.2) is 48.6 Å². The van der Waals surface area contributed by atoms with Crippen molar-refractivity contribution >= 4 is 29.3 Å². The van der Waals surface area contributed by atoms with E-state index in [0.29, 0.717) is 34.9 Å². The Morgan fingerprint density at radius 2 is 2.14 bits per heavy atom. The fourth-order valence-corrected chi connectivity index (χ4v) is 2.76. The SMILES string of the molecule is C=CCc1cc(/C=C(\C#N)C(=O)Nc2cc(Cl)ccc2C)cc(OCC)c1O. The second-order valence-electron chi connectivity index (χ2n) is 6.04. The zero-order chi connectivity index (χ0) is 20.7. The molecule has 1 amide bonds. The number of halogens is 1. The van der Waals surface area contributed by atoms with Crippen molar-refractivity contribution in [2.45, 2.75) is 20.3 Å². The number of benzene rings is 2. The topological polar surface area (TPSA) is 82.4 Å². The molecule has 0 radical (unpaired) electrons. The molecule has 0 saturated heterocycles. The molecule has 2 rings (SSSR count). The van der Waals surface area contributed by atoms with Crippen molar-refractivity contribution in [1.29, 1.82) is 5.26 Å². The Hall–Kier alpha value is -3.23. The summed E-state index contributed by atoms with van der Waals surface area (Å²) in [5.74, 6) is -0.239. The predicted octanol–water partition coefficient (Wildman–Crippen LogP) is 5.03. The summed E-state index contributed by atoms with van der Waals surface area (Å²) in [6.45, 7) is 7.68. The lowest BCUT2D eigenvalue weighted by molar-refractivity contribution is -0.112. The normalized spacial score (nSPS) is 10.9. The Labute approximate surface area is 169 Å². The molecule has 6 heteroatoms. The molecule has 2 aromatic rings. The number of nitrogens with zero attached hydrogens (tertiary/aromatic N) is 1. The molecule has 0 aliphatic rings. The van der Waals surface area contributed by atoms with E-state index in [9.17, 15) is 15.2 Å². The summed E-state index contributed by atoms with van der Waals surface area (Å²) in [7, 11) is 0. The van der Waals surface area contributed by atoms with Gasteiger partial charge in [-0.05, 0) is 61.7 Å². The van der Waals surface area contributed by atoms with Crippen molar-refractivity contribution in [1.82, 2.24) is 0 Å². The van der Waals surface area contributed by atoms with Crippen LogP contribution in [0.25, 0.3) is 6.08 Å². The predicted molar refractivity (Wildman–Crippen MR) is 112 cm³/mol. The van der Waals surface area contributed by atoms with E-state index < -0.39 is 5.91 Å². The van der Waals surface area contributed by atoms with Crippen molar-refractivity contribution in [2.75, 3.05) is 11.9 Å². The summed E-state index contributed by atoms with van der Waals surface area (Å²) in [5.41, 5.74) is 2.43. The number of carbonyl (C=O) groups is 1. The molecule has 5 nitrogen and oxygen atoms in total. The van der Waals surface area contributed by atoms with Gasteiger partial charge in [0.15, 0.2) is 11.5 Å². The lowest BCUT2D eigenvalue weighted by Gasteiger charge is -2.12. The van der Waals surface area contributed by atoms with E-state index in [2.05, 4.69) is 11.9 Å². The van der Waals surface area contributed by atoms with Crippen LogP contribution in [0.2, 0.25) is 5.02 Å². The molecule has 0 aliphatic carbocycles. The van der Waals surface area contributed by atoms with Crippen molar-refractivity contribution in [3.05, 3.63) is 70.3 Å². The molecule has 144 valence electrons. The van der Waals surface area contributed by atoms with Gasteiger partial charge in [0, 0.05) is 16.3 Å². The van der Waals surface area contributed by atoms with Gasteiger partial charge in [-0.15, -0.1) is 6.58 Å². The van der Waals surface area contributed by atoms with Gasteiger partial charge in [0.05, 0.1) is 6.61 Å². The number of hydrogen-bond acceptors (Lipinski definition) is 4. The van der Waals surface area contributed by atoms with Crippen LogP contribution in [0.4, 0.5) is 5.69 Å². The van der Waals surface area contributed by atoms with Crippen LogP contribution in [0, 0.1) is 18.3 Å². The quantitative estimate of drug-likeness (QED) is 0.390. The molecule has 2 aromatic carbocycles. The van der Waals surface area contributed by atoms with Crippen molar-refractivity contribution in [2.24, 2.45) is 0 Å². The molecule has 28 heavy (non-hydrogen) atoms. The second kappa shape index (κ2) is 9.63. The minimum atomic E-state index is -0.552. The van der Waals surface area contributed by atoms with Crippen molar-refractivity contribution < 1.29 is 14.6 Å². The Morgan fingerprint density at radius 3 is 2.79 bits per heavy atom. The van der Waals surface area contributed by atoms with E-state index in [1.807, 2.05) is 13.0 Å². The summed E-state index contributed by atoms with van der Waals surface area (Å²) in [4.78, 5) is 12.6. The molecule has 0 atom stereocenters. The average Bonchev–Trinajstić information content (AvgIpc) is 2.66. The van der Waals surface area contributed by atoms with Gasteiger partial charge >= 0.3 is 0 Å². The summed E-state index contributed by atoms with van der Waals surface area (Å²) in [6.07, 6.45) is 3.52. The minimum Gasteiger partial charge on any atom is -0.504 e. The lowest BCUT2D eigenvalue weighted by Crippen LogP contribution is -2.14. The van der Waals surface area contributed by atoms with Crippen LogP contribution >= 0.6 is 11.6 Å². The molecule has 0 bridgehead atoms. The number of anilines is 1. The highest BCUT2D eigenvalue weighted by Crippen LogP contribution is 2.33. The molecule has 0 fully saturated rings. The number of hydrogen-bond donors (Lipinski definition) is 2. The summed E-state index contributed by atoms with van der Waals surface area (Å²) in [5, 5.41) is 22.9. The first-order chi connectivity index (χ1) is 13.4. The smallest absolute Gasteiger partial charge is 0.266 e. The van der Waals surface area contributed by atoms with E-state index in [4.69, 9.17) is 16.3 Å². The van der Waals surface area contributed by atoms with Gasteiger partial charge in [-0.2, -0.15) is 5.26 Å². The van der Waals surface area contributed by atoms with Gasteiger partial charge in [-0.3, -0.25) is 4.79 Å². The summed E-state index contributed by atoms with van der Waals surface area (Å²) < 4.78 is 5.45. The van der Waals surface area contributed by atoms with E-state index in [1.54, 1.807) is 43.3 Å². The number of nitriles is 1. The van der Waals surface area contributed by atoms with E-state index in [-0.39, 0.29) is 17.1 Å². The molecule has 0 spiro atoms. The summed E-state index contributed by atoms with van der Waals surface area (Å²) in [6, 6.07) is 10.3. The highest BCUT2D eigenvalue weighted by Gasteiger charge is 2.14. The maximum Gasteiger partial charge on any atom is 0.266 e. The summed E-state index contributed by atoms with van der Waals surface area (Å²) >= 11 is 5.98. The van der Waals surface area contributed by atoms with E-state index >= 15 is 0 Å². The van der Waals surface area contributed by atoms with Crippen LogP contribution in [-0.2, 0) is 11.2 Å². The number of phenolic OH excluding ortho intramolecular Hbond substituents is 1. The monoisotopic (exact) mass is 396 g/mol. The van der Waals surface area contributed by atoms with E-state index in [0.717, 1.165) is 5.56 Å². The highest BCUT2D eigenvalue weighted by molar-refractivity contribution is 6.31. The number of amides is 1. The van der Waals surface area contributed by atoms with Crippen LogP contribution in [0.3, 0.4) is 0 Å². The molecule has 0 saturated carbocycles. The largest absolute Gasteiger partial charge is 0.504 e. The lowest BCUT2D eigenvalue weighted by atomic mass is 10.0. The fourth-order valence-electron chi connectivity index (χ4n) is 2.58. The van der Waals surface area contributed by atoms with Gasteiger partial charge in [0.25, 0.3) is 5.91 Å². The Kier molecular flexibility index (Phi) is 7.25. The number of aromatic hydroxyl groups is 1. The molecule has 0 unspecified atom stereocenters. The first-order valence-electron chi connectivity index (χ1n) is 8.68. The van der Waals surface area contributed by atoms with Crippen LogP contribution in [0.5, 0.6) is 11.5 Å². The Balaban J connectivity index is 2.40. The fraction of sp³-hybridized carbons (Fsp3) is 0.182. The first-order valence-corrected chi connectivity index (χ1v) is 9.06. The first kappa shape index (κ1) is 21.1. The average molecular weight is 397 g/mol.